The number of benzene rings is 1. The summed E-state index contributed by atoms with van der Waals surface area (Å²) >= 11 is 0. The summed E-state index contributed by atoms with van der Waals surface area (Å²) in [5.74, 6) is 0.0729. The summed E-state index contributed by atoms with van der Waals surface area (Å²) < 4.78 is 0. The molecule has 1 heterocycles. The van der Waals surface area contributed by atoms with Gasteiger partial charge in [0.1, 0.15) is 6.33 Å². The highest BCUT2D eigenvalue weighted by atomic mass is 16.2. The van der Waals surface area contributed by atoms with Crippen molar-refractivity contribution in [2.45, 2.75) is 19.4 Å². The molecule has 2 rings (SSSR count). The van der Waals surface area contributed by atoms with Crippen LogP contribution in [0, 0.1) is 0 Å². The molecule has 0 aliphatic heterocycles. The van der Waals surface area contributed by atoms with Crippen LogP contribution >= 0.6 is 0 Å². The van der Waals surface area contributed by atoms with Crippen LogP contribution in [0.1, 0.15) is 24.2 Å². The second-order valence-corrected chi connectivity index (χ2v) is 5.55. The number of carbonyl (C=O) groups is 1. The van der Waals surface area contributed by atoms with Crippen LogP contribution in [0.2, 0.25) is 0 Å². The summed E-state index contributed by atoms with van der Waals surface area (Å²) in [6.45, 7) is 1.97. The van der Waals surface area contributed by atoms with E-state index in [0.29, 0.717) is 6.42 Å². The molecular formula is C17H22N4O. The summed E-state index contributed by atoms with van der Waals surface area (Å²) in [6.07, 6.45) is 3.58. The molecule has 0 saturated carbocycles. The quantitative estimate of drug-likeness (QED) is 0.850. The number of carbonyl (C=O) groups excluding carboxylic acids is 1. The Morgan fingerprint density at radius 1 is 1.14 bits per heavy atom. The summed E-state index contributed by atoms with van der Waals surface area (Å²) in [7, 11) is 5.80. The molecule has 116 valence electrons. The molecule has 0 spiro atoms. The first-order chi connectivity index (χ1) is 10.5. The zero-order valence-corrected chi connectivity index (χ0v) is 13.5. The lowest BCUT2D eigenvalue weighted by molar-refractivity contribution is -0.131. The fourth-order valence-corrected chi connectivity index (χ4v) is 2.17. The molecule has 0 N–H and O–H groups in total. The van der Waals surface area contributed by atoms with E-state index in [1.54, 1.807) is 11.1 Å². The lowest BCUT2D eigenvalue weighted by Crippen LogP contribution is -2.31. The number of hydrogen-bond donors (Lipinski definition) is 0. The zero-order chi connectivity index (χ0) is 16.1. The number of anilines is 1. The highest BCUT2D eigenvalue weighted by molar-refractivity contribution is 5.79. The van der Waals surface area contributed by atoms with Crippen molar-refractivity contribution >= 4 is 11.6 Å². The summed E-state index contributed by atoms with van der Waals surface area (Å²) in [5, 5.41) is 0. The number of nitrogens with zero attached hydrogens (tertiary/aromatic N) is 4. The average molecular weight is 298 g/mol. The minimum atomic E-state index is -0.0726. The molecule has 0 radical (unpaired) electrons. The van der Waals surface area contributed by atoms with Crippen molar-refractivity contribution in [2.75, 3.05) is 26.0 Å². The van der Waals surface area contributed by atoms with Gasteiger partial charge in [-0.25, -0.2) is 9.97 Å². The normalized spacial score (nSPS) is 11.8. The van der Waals surface area contributed by atoms with Gasteiger partial charge in [-0.1, -0.05) is 12.1 Å². The van der Waals surface area contributed by atoms with E-state index in [0.717, 1.165) is 16.9 Å². The molecule has 22 heavy (non-hydrogen) atoms. The average Bonchev–Trinajstić information content (AvgIpc) is 2.54. The second-order valence-electron chi connectivity index (χ2n) is 5.55. The van der Waals surface area contributed by atoms with E-state index in [2.05, 4.69) is 9.97 Å². The smallest absolute Gasteiger partial charge is 0.227 e. The van der Waals surface area contributed by atoms with Crippen molar-refractivity contribution in [2.24, 2.45) is 0 Å². The van der Waals surface area contributed by atoms with Gasteiger partial charge in [0.05, 0.1) is 18.2 Å². The van der Waals surface area contributed by atoms with E-state index in [1.165, 1.54) is 6.33 Å². The molecule has 1 aromatic heterocycles. The third-order valence-corrected chi connectivity index (χ3v) is 3.82. The molecule has 0 saturated heterocycles. The van der Waals surface area contributed by atoms with Crippen LogP contribution < -0.4 is 4.90 Å². The number of rotatable bonds is 5. The van der Waals surface area contributed by atoms with E-state index in [1.807, 2.05) is 63.3 Å². The van der Waals surface area contributed by atoms with E-state index in [4.69, 9.17) is 0 Å². The number of hydrogen-bond acceptors (Lipinski definition) is 4. The maximum Gasteiger partial charge on any atom is 0.227 e. The topological polar surface area (TPSA) is 49.3 Å². The van der Waals surface area contributed by atoms with Gasteiger partial charge < -0.3 is 9.80 Å². The van der Waals surface area contributed by atoms with Gasteiger partial charge in [-0.2, -0.15) is 0 Å². The first-order valence-corrected chi connectivity index (χ1v) is 7.27. The Balaban J connectivity index is 2.02. The molecule has 0 aliphatic carbocycles. The predicted octanol–water partition coefficient (Wildman–Crippen LogP) is 2.30. The van der Waals surface area contributed by atoms with Gasteiger partial charge in [-0.15, -0.1) is 0 Å². The Hall–Kier alpha value is -2.43. The molecule has 5 heteroatoms. The second kappa shape index (κ2) is 7.02. The fourth-order valence-electron chi connectivity index (χ4n) is 2.17. The number of amides is 1. The summed E-state index contributed by atoms with van der Waals surface area (Å²) in [4.78, 5) is 24.3. The van der Waals surface area contributed by atoms with Crippen molar-refractivity contribution in [1.29, 1.82) is 0 Å². The Bertz CT molecular complexity index is 610. The molecule has 5 nitrogen and oxygen atoms in total. The SMILES string of the molecule is CC(c1ccncn1)N(C)C(=O)Cc1ccc(N(C)C)cc1. The van der Waals surface area contributed by atoms with Crippen LogP contribution in [-0.2, 0) is 11.2 Å². The molecule has 0 fully saturated rings. The molecule has 2 aromatic rings. The van der Waals surface area contributed by atoms with Crippen LogP contribution in [0.4, 0.5) is 5.69 Å². The Labute approximate surface area is 131 Å². The highest BCUT2D eigenvalue weighted by Crippen LogP contribution is 2.18. The van der Waals surface area contributed by atoms with Crippen LogP contribution in [0.15, 0.2) is 42.9 Å². The van der Waals surface area contributed by atoms with Crippen molar-refractivity contribution in [3.05, 3.63) is 54.1 Å². The Morgan fingerprint density at radius 3 is 2.36 bits per heavy atom. The monoisotopic (exact) mass is 298 g/mol. The highest BCUT2D eigenvalue weighted by Gasteiger charge is 2.18. The standard InChI is InChI=1S/C17H22N4O/c1-13(16-9-10-18-12-19-16)21(4)17(22)11-14-5-7-15(8-6-14)20(2)3/h5-10,12-13H,11H2,1-4H3. The van der Waals surface area contributed by atoms with Crippen LogP contribution in [0.25, 0.3) is 0 Å². The molecule has 1 atom stereocenters. The first-order valence-electron chi connectivity index (χ1n) is 7.27. The number of aromatic nitrogens is 2. The van der Waals surface area contributed by atoms with Gasteiger partial charge >= 0.3 is 0 Å². The molecule has 1 unspecified atom stereocenters. The largest absolute Gasteiger partial charge is 0.378 e. The predicted molar refractivity (Wildman–Crippen MR) is 87.7 cm³/mol. The minimum Gasteiger partial charge on any atom is -0.378 e. The molecule has 1 amide bonds. The van der Waals surface area contributed by atoms with E-state index in [-0.39, 0.29) is 11.9 Å². The zero-order valence-electron chi connectivity index (χ0n) is 13.5. The Kier molecular flexibility index (Phi) is 5.09. The maximum atomic E-state index is 12.4. The van der Waals surface area contributed by atoms with E-state index in [9.17, 15) is 4.79 Å². The maximum absolute atomic E-state index is 12.4. The van der Waals surface area contributed by atoms with Gasteiger partial charge in [0.2, 0.25) is 5.91 Å². The van der Waals surface area contributed by atoms with Crippen LogP contribution in [-0.4, -0.2) is 41.9 Å². The lowest BCUT2D eigenvalue weighted by atomic mass is 10.1. The Morgan fingerprint density at radius 2 is 1.82 bits per heavy atom. The van der Waals surface area contributed by atoms with Crippen molar-refractivity contribution in [3.8, 4) is 0 Å². The number of likely N-dealkylation sites (N-methyl/N-ethyl adjacent to an activating group) is 1. The van der Waals surface area contributed by atoms with Gasteiger partial charge in [0.25, 0.3) is 0 Å². The lowest BCUT2D eigenvalue weighted by Gasteiger charge is -2.24. The van der Waals surface area contributed by atoms with Crippen molar-refractivity contribution in [1.82, 2.24) is 14.9 Å². The third kappa shape index (κ3) is 3.81. The molecule has 1 aromatic carbocycles. The van der Waals surface area contributed by atoms with Gasteiger partial charge in [-0.3, -0.25) is 4.79 Å². The van der Waals surface area contributed by atoms with Gasteiger partial charge in [-0.05, 0) is 30.7 Å². The molecular weight excluding hydrogens is 276 g/mol. The van der Waals surface area contributed by atoms with Gasteiger partial charge in [0.15, 0.2) is 0 Å². The molecule has 0 bridgehead atoms. The third-order valence-electron chi connectivity index (χ3n) is 3.82. The fraction of sp³-hybridized carbons (Fsp3) is 0.353. The van der Waals surface area contributed by atoms with Gasteiger partial charge in [0, 0.05) is 33.0 Å². The van der Waals surface area contributed by atoms with Crippen LogP contribution in [0.3, 0.4) is 0 Å². The van der Waals surface area contributed by atoms with Crippen LogP contribution in [0.5, 0.6) is 0 Å². The summed E-state index contributed by atoms with van der Waals surface area (Å²) in [5.41, 5.74) is 2.98. The van der Waals surface area contributed by atoms with E-state index < -0.39 is 0 Å². The van der Waals surface area contributed by atoms with Crippen molar-refractivity contribution in [3.63, 3.8) is 0 Å². The summed E-state index contributed by atoms with van der Waals surface area (Å²) in [6, 6.07) is 9.80. The first kappa shape index (κ1) is 15.9. The molecule has 0 aliphatic rings. The van der Waals surface area contributed by atoms with E-state index >= 15 is 0 Å². The van der Waals surface area contributed by atoms with Crippen molar-refractivity contribution < 1.29 is 4.79 Å². The minimum absolute atomic E-state index is 0.0726.